The van der Waals surface area contributed by atoms with Crippen LogP contribution in [0.2, 0.25) is 5.02 Å². The highest BCUT2D eigenvalue weighted by Gasteiger charge is 2.44. The molecule has 0 bridgehead atoms. The normalized spacial score (nSPS) is 27.1. The summed E-state index contributed by atoms with van der Waals surface area (Å²) in [4.78, 5) is 0. The van der Waals surface area contributed by atoms with Crippen molar-refractivity contribution in [2.45, 2.75) is 68.5 Å². The van der Waals surface area contributed by atoms with Crippen LogP contribution in [0.15, 0.2) is 60.7 Å². The van der Waals surface area contributed by atoms with E-state index in [1.807, 2.05) is 18.2 Å². The second kappa shape index (κ2) is 11.7. The third-order valence-electron chi connectivity index (χ3n) is 7.97. The molecular formula is C31H35ClO6. The molecule has 0 spiro atoms. The SMILES string of the molecule is COc1ccc(CC2CCCc3cc(Cc4cc([C@@H]5O[C@H](CO)[C@@H](O)[C@H](O)[C@H]5O)ccc4Cl)ccc32)cc1. The smallest absolute Gasteiger partial charge is 0.118 e. The maximum Gasteiger partial charge on any atom is 0.118 e. The monoisotopic (exact) mass is 538 g/mol. The number of aliphatic hydroxyl groups is 4. The van der Waals surface area contributed by atoms with Gasteiger partial charge in [0, 0.05) is 5.02 Å². The standard InChI is InChI=1S/C31H35ClO6/c1-37-24-9-5-18(6-10-24)13-20-3-2-4-21-14-19(7-11-25(20)21)15-23-16-22(8-12-26(23)32)31-30(36)29(35)28(34)27(17-33)38-31/h5-12,14,16,20,27-31,33-36H,2-4,13,15,17H2,1H3/t20?,27-,28-,29+,30-,31+/m1/s1. The summed E-state index contributed by atoms with van der Waals surface area (Å²) in [5, 5.41) is 41.0. The summed E-state index contributed by atoms with van der Waals surface area (Å²) in [5.41, 5.74) is 6.78. The maximum atomic E-state index is 10.6. The predicted octanol–water partition coefficient (Wildman–Crippen LogP) is 4.12. The first-order valence-electron chi connectivity index (χ1n) is 13.2. The second-order valence-corrected chi connectivity index (χ2v) is 10.9. The molecule has 202 valence electrons. The van der Waals surface area contributed by atoms with E-state index >= 15 is 0 Å². The molecule has 1 heterocycles. The second-order valence-electron chi connectivity index (χ2n) is 10.5. The number of methoxy groups -OCH3 is 1. The summed E-state index contributed by atoms with van der Waals surface area (Å²) < 4.78 is 11.0. The van der Waals surface area contributed by atoms with Crippen molar-refractivity contribution >= 4 is 11.6 Å². The van der Waals surface area contributed by atoms with Crippen LogP contribution < -0.4 is 4.74 Å². The van der Waals surface area contributed by atoms with Gasteiger partial charge >= 0.3 is 0 Å². The molecule has 1 aliphatic carbocycles. The van der Waals surface area contributed by atoms with Gasteiger partial charge in [0.15, 0.2) is 0 Å². The fourth-order valence-corrected chi connectivity index (χ4v) is 6.02. The van der Waals surface area contributed by atoms with E-state index in [1.165, 1.54) is 23.1 Å². The Bertz CT molecular complexity index is 1240. The Balaban J connectivity index is 1.34. The molecule has 1 unspecified atom stereocenters. The molecule has 1 fully saturated rings. The largest absolute Gasteiger partial charge is 0.497 e. The number of benzene rings is 3. The van der Waals surface area contributed by atoms with Gasteiger partial charge in [-0.05, 0) is 89.6 Å². The zero-order chi connectivity index (χ0) is 26.8. The van der Waals surface area contributed by atoms with Gasteiger partial charge in [-0.2, -0.15) is 0 Å². The van der Waals surface area contributed by atoms with Crippen molar-refractivity contribution in [3.63, 3.8) is 0 Å². The molecule has 1 aliphatic heterocycles. The molecule has 2 aliphatic rings. The van der Waals surface area contributed by atoms with Crippen LogP contribution >= 0.6 is 11.6 Å². The number of hydrogen-bond acceptors (Lipinski definition) is 6. The first kappa shape index (κ1) is 27.1. The molecule has 0 aromatic heterocycles. The van der Waals surface area contributed by atoms with Gasteiger partial charge in [-0.3, -0.25) is 0 Å². The van der Waals surface area contributed by atoms with Crippen LogP contribution in [0.1, 0.15) is 58.2 Å². The highest BCUT2D eigenvalue weighted by Crippen LogP contribution is 2.37. The Kier molecular flexibility index (Phi) is 8.38. The Hall–Kier alpha value is -2.45. The lowest BCUT2D eigenvalue weighted by molar-refractivity contribution is -0.231. The van der Waals surface area contributed by atoms with Gasteiger partial charge in [-0.25, -0.2) is 0 Å². The zero-order valence-corrected chi connectivity index (χ0v) is 22.2. The maximum absolute atomic E-state index is 10.6. The first-order valence-corrected chi connectivity index (χ1v) is 13.6. The number of hydrogen-bond donors (Lipinski definition) is 4. The summed E-state index contributed by atoms with van der Waals surface area (Å²) >= 11 is 6.57. The van der Waals surface area contributed by atoms with Gasteiger partial charge < -0.3 is 29.9 Å². The van der Waals surface area contributed by atoms with Gasteiger partial charge in [0.1, 0.15) is 36.3 Å². The van der Waals surface area contributed by atoms with Crippen molar-refractivity contribution < 1.29 is 29.9 Å². The molecule has 0 radical (unpaired) electrons. The lowest BCUT2D eigenvalue weighted by atomic mass is 9.78. The number of aryl methyl sites for hydroxylation is 1. The quantitative estimate of drug-likeness (QED) is 0.361. The molecule has 38 heavy (non-hydrogen) atoms. The number of aliphatic hydroxyl groups excluding tert-OH is 4. The molecule has 0 saturated carbocycles. The summed E-state index contributed by atoms with van der Waals surface area (Å²) in [6, 6.07) is 20.4. The van der Waals surface area contributed by atoms with Crippen LogP contribution in [0, 0.1) is 0 Å². The molecule has 1 saturated heterocycles. The molecular weight excluding hydrogens is 504 g/mol. The molecule has 3 aromatic carbocycles. The minimum Gasteiger partial charge on any atom is -0.497 e. The van der Waals surface area contributed by atoms with Crippen LogP contribution in [0.4, 0.5) is 0 Å². The van der Waals surface area contributed by atoms with Gasteiger partial charge in [0.05, 0.1) is 13.7 Å². The molecule has 0 amide bonds. The van der Waals surface area contributed by atoms with Crippen molar-refractivity contribution in [2.24, 2.45) is 0 Å². The van der Waals surface area contributed by atoms with Crippen LogP contribution in [-0.4, -0.2) is 58.6 Å². The summed E-state index contributed by atoms with van der Waals surface area (Å²) in [7, 11) is 1.68. The lowest BCUT2D eigenvalue weighted by Crippen LogP contribution is -2.55. The van der Waals surface area contributed by atoms with E-state index < -0.39 is 37.1 Å². The van der Waals surface area contributed by atoms with Gasteiger partial charge in [0.2, 0.25) is 0 Å². The van der Waals surface area contributed by atoms with Crippen molar-refractivity contribution in [3.05, 3.63) is 99.1 Å². The van der Waals surface area contributed by atoms with Crippen molar-refractivity contribution in [1.29, 1.82) is 0 Å². The Morgan fingerprint density at radius 1 is 0.921 bits per heavy atom. The van der Waals surface area contributed by atoms with E-state index in [-0.39, 0.29) is 0 Å². The van der Waals surface area contributed by atoms with Crippen LogP contribution in [-0.2, 0) is 24.0 Å². The zero-order valence-electron chi connectivity index (χ0n) is 21.5. The summed E-state index contributed by atoms with van der Waals surface area (Å²) in [5.74, 6) is 1.36. The third-order valence-corrected chi connectivity index (χ3v) is 8.34. The van der Waals surface area contributed by atoms with Gasteiger partial charge in [-0.15, -0.1) is 0 Å². The van der Waals surface area contributed by atoms with E-state index in [0.29, 0.717) is 22.9 Å². The molecule has 3 aromatic rings. The van der Waals surface area contributed by atoms with E-state index in [0.717, 1.165) is 36.1 Å². The predicted molar refractivity (Wildman–Crippen MR) is 146 cm³/mol. The average molecular weight is 539 g/mol. The highest BCUT2D eigenvalue weighted by atomic mass is 35.5. The molecule has 6 nitrogen and oxygen atoms in total. The fraction of sp³-hybridized carbons (Fsp3) is 0.419. The van der Waals surface area contributed by atoms with Gasteiger partial charge in [0.25, 0.3) is 0 Å². The van der Waals surface area contributed by atoms with E-state index in [1.54, 1.807) is 19.2 Å². The lowest BCUT2D eigenvalue weighted by Gasteiger charge is -2.40. The van der Waals surface area contributed by atoms with E-state index in [4.69, 9.17) is 21.1 Å². The summed E-state index contributed by atoms with van der Waals surface area (Å²) in [6.07, 6.45) is -0.972. The minimum atomic E-state index is -1.42. The van der Waals surface area contributed by atoms with Crippen molar-refractivity contribution in [3.8, 4) is 5.75 Å². The van der Waals surface area contributed by atoms with Crippen LogP contribution in [0.25, 0.3) is 0 Å². The van der Waals surface area contributed by atoms with Crippen LogP contribution in [0.5, 0.6) is 5.75 Å². The number of fused-ring (bicyclic) bond motifs is 1. The minimum absolute atomic E-state index is 0.462. The Morgan fingerprint density at radius 2 is 1.68 bits per heavy atom. The van der Waals surface area contributed by atoms with Gasteiger partial charge in [-0.1, -0.05) is 54.1 Å². The topological polar surface area (TPSA) is 99.4 Å². The van der Waals surface area contributed by atoms with Crippen LogP contribution in [0.3, 0.4) is 0 Å². The summed E-state index contributed by atoms with van der Waals surface area (Å²) in [6.45, 7) is -0.462. The molecule has 7 heteroatoms. The van der Waals surface area contributed by atoms with E-state index in [2.05, 4.69) is 30.3 Å². The Labute approximate surface area is 228 Å². The van der Waals surface area contributed by atoms with E-state index in [9.17, 15) is 20.4 Å². The number of ether oxygens (including phenoxy) is 2. The molecule has 6 atom stereocenters. The fourth-order valence-electron chi connectivity index (χ4n) is 5.84. The molecule has 5 rings (SSSR count). The number of rotatable bonds is 7. The van der Waals surface area contributed by atoms with Crippen molar-refractivity contribution in [2.75, 3.05) is 13.7 Å². The number of halogens is 1. The van der Waals surface area contributed by atoms with Crippen molar-refractivity contribution in [1.82, 2.24) is 0 Å². The first-order chi connectivity index (χ1) is 18.4. The third kappa shape index (κ3) is 5.62. The Morgan fingerprint density at radius 3 is 2.42 bits per heavy atom. The molecule has 4 N–H and O–H groups in total. The average Bonchev–Trinajstić information content (AvgIpc) is 2.94. The highest BCUT2D eigenvalue weighted by molar-refractivity contribution is 6.31.